The zero-order valence-electron chi connectivity index (χ0n) is 14.1. The van der Waals surface area contributed by atoms with Crippen LogP contribution < -0.4 is 10.6 Å². The molecule has 25 heavy (non-hydrogen) atoms. The lowest BCUT2D eigenvalue weighted by Gasteiger charge is -2.32. The predicted molar refractivity (Wildman–Crippen MR) is 100 cm³/mol. The van der Waals surface area contributed by atoms with Gasteiger partial charge in [-0.05, 0) is 55.1 Å². The van der Waals surface area contributed by atoms with Crippen molar-refractivity contribution < 1.29 is 9.90 Å². The van der Waals surface area contributed by atoms with Gasteiger partial charge in [-0.15, -0.1) is 0 Å². The zero-order valence-corrected chi connectivity index (χ0v) is 14.1. The van der Waals surface area contributed by atoms with Gasteiger partial charge in [-0.25, -0.2) is 9.78 Å². The summed E-state index contributed by atoms with van der Waals surface area (Å²) < 4.78 is 0. The van der Waals surface area contributed by atoms with Crippen molar-refractivity contribution >= 4 is 17.9 Å². The molecule has 3 N–H and O–H groups in total. The normalized spacial score (nSPS) is 15.6. The van der Waals surface area contributed by atoms with Crippen molar-refractivity contribution in [3.05, 3.63) is 54.1 Å². The van der Waals surface area contributed by atoms with E-state index in [0.717, 1.165) is 61.2 Å². The third-order valence-corrected chi connectivity index (χ3v) is 4.61. The Kier molecular flexibility index (Phi) is 5.46. The number of aromatic nitrogens is 1. The number of rotatable bonds is 5. The number of anilines is 1. The maximum atomic E-state index is 10.7. The summed E-state index contributed by atoms with van der Waals surface area (Å²) in [6.07, 6.45) is 4.95. The Balaban J connectivity index is 1.80. The highest BCUT2D eigenvalue weighted by molar-refractivity contribution is 5.85. The van der Waals surface area contributed by atoms with E-state index in [2.05, 4.69) is 4.90 Å². The Morgan fingerprint density at radius 3 is 2.72 bits per heavy atom. The molecule has 0 aliphatic carbocycles. The summed E-state index contributed by atoms with van der Waals surface area (Å²) in [6.45, 7) is 2.73. The summed E-state index contributed by atoms with van der Waals surface area (Å²) >= 11 is 0. The van der Waals surface area contributed by atoms with Crippen LogP contribution in [0.5, 0.6) is 0 Å². The summed E-state index contributed by atoms with van der Waals surface area (Å²) in [5, 5.41) is 8.77. The summed E-state index contributed by atoms with van der Waals surface area (Å²) in [6, 6.07) is 13.8. The molecular formula is C20H23N3O2. The molecule has 1 aromatic heterocycles. The molecule has 1 fully saturated rings. The Labute approximate surface area is 147 Å². The van der Waals surface area contributed by atoms with Gasteiger partial charge in [0.05, 0.1) is 5.69 Å². The second-order valence-electron chi connectivity index (χ2n) is 6.34. The Bertz CT molecular complexity index is 765. The van der Waals surface area contributed by atoms with Gasteiger partial charge in [0.25, 0.3) is 0 Å². The first-order valence-corrected chi connectivity index (χ1v) is 8.59. The van der Waals surface area contributed by atoms with E-state index in [-0.39, 0.29) is 0 Å². The van der Waals surface area contributed by atoms with Crippen molar-refractivity contribution in [1.82, 2.24) is 4.98 Å². The lowest BCUT2D eigenvalue weighted by atomic mass is 9.97. The Hall–Kier alpha value is -2.66. The van der Waals surface area contributed by atoms with Crippen LogP contribution in [0.1, 0.15) is 18.4 Å². The van der Waals surface area contributed by atoms with Crippen molar-refractivity contribution in [2.24, 2.45) is 11.7 Å². The van der Waals surface area contributed by atoms with E-state index in [4.69, 9.17) is 15.8 Å². The lowest BCUT2D eigenvalue weighted by molar-refractivity contribution is -0.131. The molecule has 1 aromatic carbocycles. The highest BCUT2D eigenvalue weighted by atomic mass is 16.4. The molecule has 1 saturated heterocycles. The fraction of sp³-hybridized carbons (Fsp3) is 0.300. The first-order valence-electron chi connectivity index (χ1n) is 8.59. The average Bonchev–Trinajstić information content (AvgIpc) is 2.67. The third-order valence-electron chi connectivity index (χ3n) is 4.61. The van der Waals surface area contributed by atoms with Crippen LogP contribution in [0.15, 0.2) is 48.5 Å². The minimum Gasteiger partial charge on any atom is -0.478 e. The van der Waals surface area contributed by atoms with E-state index in [1.165, 1.54) is 0 Å². The van der Waals surface area contributed by atoms with Gasteiger partial charge in [-0.2, -0.15) is 0 Å². The Morgan fingerprint density at radius 2 is 2.00 bits per heavy atom. The maximum Gasteiger partial charge on any atom is 0.328 e. The molecule has 1 aliphatic rings. The van der Waals surface area contributed by atoms with Crippen molar-refractivity contribution in [3.8, 4) is 11.3 Å². The van der Waals surface area contributed by atoms with Gasteiger partial charge in [-0.3, -0.25) is 0 Å². The van der Waals surface area contributed by atoms with Crippen molar-refractivity contribution in [1.29, 1.82) is 0 Å². The second kappa shape index (κ2) is 7.94. The number of pyridine rings is 1. The highest BCUT2D eigenvalue weighted by Gasteiger charge is 2.19. The monoisotopic (exact) mass is 337 g/mol. The van der Waals surface area contributed by atoms with Crippen LogP contribution in [0.4, 0.5) is 5.82 Å². The van der Waals surface area contributed by atoms with Crippen LogP contribution in [-0.4, -0.2) is 35.7 Å². The van der Waals surface area contributed by atoms with Crippen molar-refractivity contribution in [2.45, 2.75) is 12.8 Å². The van der Waals surface area contributed by atoms with E-state index < -0.39 is 5.97 Å². The molecule has 5 heteroatoms. The summed E-state index contributed by atoms with van der Waals surface area (Å²) in [4.78, 5) is 17.8. The Morgan fingerprint density at radius 1 is 1.24 bits per heavy atom. The van der Waals surface area contributed by atoms with E-state index in [9.17, 15) is 4.79 Å². The molecule has 2 aromatic rings. The number of carboxylic acid groups (broad SMARTS) is 1. The number of aliphatic carboxylic acids is 1. The van der Waals surface area contributed by atoms with Crippen LogP contribution in [0.25, 0.3) is 17.3 Å². The van der Waals surface area contributed by atoms with Gasteiger partial charge in [0.15, 0.2) is 0 Å². The molecule has 0 atom stereocenters. The number of carbonyl (C=O) groups is 1. The number of carboxylic acids is 1. The van der Waals surface area contributed by atoms with Gasteiger partial charge >= 0.3 is 5.97 Å². The number of nitrogens with two attached hydrogens (primary N) is 1. The lowest BCUT2D eigenvalue weighted by Crippen LogP contribution is -2.36. The van der Waals surface area contributed by atoms with E-state index in [1.807, 2.05) is 42.5 Å². The van der Waals surface area contributed by atoms with Gasteiger partial charge in [0, 0.05) is 24.7 Å². The predicted octanol–water partition coefficient (Wildman–Crippen LogP) is 3.02. The van der Waals surface area contributed by atoms with Gasteiger partial charge < -0.3 is 15.7 Å². The summed E-state index contributed by atoms with van der Waals surface area (Å²) in [5.74, 6) is 0.656. The zero-order chi connectivity index (χ0) is 17.6. The summed E-state index contributed by atoms with van der Waals surface area (Å²) in [7, 11) is 0. The van der Waals surface area contributed by atoms with E-state index in [1.54, 1.807) is 6.08 Å². The quantitative estimate of drug-likeness (QED) is 0.820. The van der Waals surface area contributed by atoms with Crippen molar-refractivity contribution in [2.75, 3.05) is 24.5 Å². The molecule has 0 unspecified atom stereocenters. The van der Waals surface area contributed by atoms with Gasteiger partial charge in [-0.1, -0.05) is 24.3 Å². The summed E-state index contributed by atoms with van der Waals surface area (Å²) in [5.41, 5.74) is 8.48. The first-order chi connectivity index (χ1) is 12.2. The van der Waals surface area contributed by atoms with E-state index in [0.29, 0.717) is 5.92 Å². The highest BCUT2D eigenvalue weighted by Crippen LogP contribution is 2.25. The van der Waals surface area contributed by atoms with Crippen LogP contribution >= 0.6 is 0 Å². The first kappa shape index (κ1) is 17.2. The molecule has 1 aliphatic heterocycles. The number of hydrogen-bond donors (Lipinski definition) is 2. The minimum atomic E-state index is -0.952. The maximum absolute atomic E-state index is 10.7. The average molecular weight is 337 g/mol. The number of nitrogens with zero attached hydrogens (tertiary/aromatic N) is 2. The molecular weight excluding hydrogens is 314 g/mol. The molecule has 0 spiro atoms. The SMILES string of the molecule is NCC1CCN(c2cccc(-c3cccc(/C=C/C(=O)O)c3)n2)CC1. The van der Waals surface area contributed by atoms with Crippen LogP contribution in [0, 0.1) is 5.92 Å². The molecule has 0 bridgehead atoms. The van der Waals surface area contributed by atoms with Gasteiger partial charge in [0.2, 0.25) is 0 Å². The van der Waals surface area contributed by atoms with E-state index >= 15 is 0 Å². The van der Waals surface area contributed by atoms with Gasteiger partial charge in [0.1, 0.15) is 5.82 Å². The minimum absolute atomic E-state index is 0.622. The third kappa shape index (κ3) is 4.45. The fourth-order valence-corrected chi connectivity index (χ4v) is 3.13. The van der Waals surface area contributed by atoms with Crippen LogP contribution in [-0.2, 0) is 4.79 Å². The number of benzene rings is 1. The molecule has 130 valence electrons. The van der Waals surface area contributed by atoms with Crippen LogP contribution in [0.2, 0.25) is 0 Å². The standard InChI is InChI=1S/C20H23N3O2/c21-14-16-9-11-23(12-10-16)19-6-2-5-18(22-19)17-4-1-3-15(13-17)7-8-20(24)25/h1-8,13,16H,9-12,14,21H2,(H,24,25)/b8-7+. The number of piperidine rings is 1. The molecule has 0 amide bonds. The van der Waals surface area contributed by atoms with Crippen LogP contribution in [0.3, 0.4) is 0 Å². The smallest absolute Gasteiger partial charge is 0.328 e. The molecule has 0 saturated carbocycles. The molecule has 3 rings (SSSR count). The topological polar surface area (TPSA) is 79.5 Å². The second-order valence-corrected chi connectivity index (χ2v) is 6.34. The fourth-order valence-electron chi connectivity index (χ4n) is 3.13. The molecule has 0 radical (unpaired) electrons. The largest absolute Gasteiger partial charge is 0.478 e. The molecule has 5 nitrogen and oxygen atoms in total. The van der Waals surface area contributed by atoms with Crippen molar-refractivity contribution in [3.63, 3.8) is 0 Å². The molecule has 2 heterocycles. The number of hydrogen-bond acceptors (Lipinski definition) is 4.